The van der Waals surface area contributed by atoms with Crippen LogP contribution in [0.1, 0.15) is 5.56 Å². The topological polar surface area (TPSA) is 32.3 Å². The highest BCUT2D eigenvalue weighted by atomic mass is 32.1. The monoisotopic (exact) mass is 225 g/mol. The largest absolute Gasteiger partial charge is 0.507 e. The van der Waals surface area contributed by atoms with Crippen LogP contribution in [0, 0.1) is 0 Å². The maximum atomic E-state index is 11.9. The molecule has 0 saturated heterocycles. The van der Waals surface area contributed by atoms with Crippen molar-refractivity contribution in [3.05, 3.63) is 29.1 Å². The molecule has 2 rings (SSSR count). The Bertz CT molecular complexity index is 455. The van der Waals surface area contributed by atoms with Crippen LogP contribution >= 0.6 is 11.3 Å². The van der Waals surface area contributed by atoms with Crippen molar-refractivity contribution in [1.82, 2.24) is 5.32 Å². The fourth-order valence-electron chi connectivity index (χ4n) is 1.61. The summed E-state index contributed by atoms with van der Waals surface area (Å²) in [5.74, 6) is 0.309. The van der Waals surface area contributed by atoms with Crippen molar-refractivity contribution in [1.29, 1.82) is 0 Å². The minimum Gasteiger partial charge on any atom is -0.507 e. The molecule has 0 saturated carbocycles. The zero-order valence-electron chi connectivity index (χ0n) is 8.16. The van der Waals surface area contributed by atoms with Gasteiger partial charge in [-0.25, -0.2) is 4.39 Å². The fraction of sp³-hybridized carbons (Fsp3) is 0.273. The van der Waals surface area contributed by atoms with E-state index in [2.05, 4.69) is 5.32 Å². The van der Waals surface area contributed by atoms with Gasteiger partial charge in [-0.05, 0) is 29.5 Å². The second-order valence-corrected chi connectivity index (χ2v) is 4.21. The zero-order chi connectivity index (χ0) is 10.7. The molecular formula is C11H12FNOS. The average Bonchev–Trinajstić information content (AvgIpc) is 2.63. The van der Waals surface area contributed by atoms with Crippen molar-refractivity contribution in [3.8, 4) is 5.75 Å². The Labute approximate surface area is 91.4 Å². The SMILES string of the molecule is Oc1cccc2scc(CCNCF)c12. The molecule has 0 spiro atoms. The van der Waals surface area contributed by atoms with Gasteiger partial charge >= 0.3 is 0 Å². The minimum atomic E-state index is -0.506. The third-order valence-corrected chi connectivity index (χ3v) is 3.32. The van der Waals surface area contributed by atoms with E-state index >= 15 is 0 Å². The number of aromatic hydroxyl groups is 1. The molecule has 0 amide bonds. The van der Waals surface area contributed by atoms with Crippen LogP contribution in [-0.4, -0.2) is 18.4 Å². The number of alkyl halides is 1. The molecule has 1 aromatic carbocycles. The van der Waals surface area contributed by atoms with E-state index in [0.29, 0.717) is 12.3 Å². The number of hydrogen-bond acceptors (Lipinski definition) is 3. The molecule has 2 nitrogen and oxygen atoms in total. The van der Waals surface area contributed by atoms with Gasteiger partial charge in [-0.3, -0.25) is 5.32 Å². The van der Waals surface area contributed by atoms with E-state index in [0.717, 1.165) is 22.1 Å². The second kappa shape index (κ2) is 4.59. The number of benzene rings is 1. The van der Waals surface area contributed by atoms with Gasteiger partial charge in [-0.1, -0.05) is 6.07 Å². The first kappa shape index (κ1) is 10.4. The van der Waals surface area contributed by atoms with Gasteiger partial charge in [-0.2, -0.15) is 0 Å². The highest BCUT2D eigenvalue weighted by Gasteiger charge is 2.07. The van der Waals surface area contributed by atoms with Gasteiger partial charge in [0.2, 0.25) is 0 Å². The number of nitrogens with one attached hydrogen (secondary N) is 1. The van der Waals surface area contributed by atoms with Crippen molar-refractivity contribution in [2.24, 2.45) is 0 Å². The molecule has 0 atom stereocenters. The molecule has 0 aliphatic rings. The molecule has 0 fully saturated rings. The van der Waals surface area contributed by atoms with Gasteiger partial charge in [0.05, 0.1) is 0 Å². The normalized spacial score (nSPS) is 11.0. The number of rotatable bonds is 4. The van der Waals surface area contributed by atoms with Gasteiger partial charge in [-0.15, -0.1) is 11.3 Å². The Hall–Kier alpha value is -1.13. The Kier molecular flexibility index (Phi) is 3.18. The molecule has 2 aromatic rings. The van der Waals surface area contributed by atoms with Gasteiger partial charge in [0.25, 0.3) is 0 Å². The lowest BCUT2D eigenvalue weighted by atomic mass is 10.1. The van der Waals surface area contributed by atoms with Crippen LogP contribution in [0.2, 0.25) is 0 Å². The molecular weight excluding hydrogens is 213 g/mol. The lowest BCUT2D eigenvalue weighted by molar-refractivity contribution is 0.428. The standard InChI is InChI=1S/C11H12FNOS/c12-7-13-5-4-8-6-15-10-3-1-2-9(14)11(8)10/h1-3,6,13-14H,4-5,7H2. The summed E-state index contributed by atoms with van der Waals surface area (Å²) in [6.45, 7) is 0.0880. The maximum absolute atomic E-state index is 11.9. The van der Waals surface area contributed by atoms with Gasteiger partial charge in [0.1, 0.15) is 12.5 Å². The van der Waals surface area contributed by atoms with Crippen molar-refractivity contribution < 1.29 is 9.50 Å². The molecule has 0 aliphatic heterocycles. The van der Waals surface area contributed by atoms with Crippen LogP contribution in [0.4, 0.5) is 4.39 Å². The van der Waals surface area contributed by atoms with Crippen LogP contribution in [0.15, 0.2) is 23.6 Å². The summed E-state index contributed by atoms with van der Waals surface area (Å²) in [4.78, 5) is 0. The Morgan fingerprint density at radius 2 is 2.27 bits per heavy atom. The summed E-state index contributed by atoms with van der Waals surface area (Å²) in [5, 5.41) is 15.3. The minimum absolute atomic E-state index is 0.309. The lowest BCUT2D eigenvalue weighted by Crippen LogP contribution is -2.15. The number of halogens is 1. The molecule has 1 heterocycles. The quantitative estimate of drug-likeness (QED) is 0.619. The summed E-state index contributed by atoms with van der Waals surface area (Å²) in [6.07, 6.45) is 0.738. The first-order valence-corrected chi connectivity index (χ1v) is 5.65. The van der Waals surface area contributed by atoms with Gasteiger partial charge < -0.3 is 5.11 Å². The van der Waals surface area contributed by atoms with Crippen LogP contribution in [0.3, 0.4) is 0 Å². The highest BCUT2D eigenvalue weighted by Crippen LogP contribution is 2.32. The highest BCUT2D eigenvalue weighted by molar-refractivity contribution is 7.17. The molecule has 0 aliphatic carbocycles. The summed E-state index contributed by atoms with van der Waals surface area (Å²) < 4.78 is 12.9. The molecule has 15 heavy (non-hydrogen) atoms. The first-order valence-electron chi connectivity index (χ1n) is 4.77. The van der Waals surface area contributed by atoms with Crippen molar-refractivity contribution in [3.63, 3.8) is 0 Å². The fourth-order valence-corrected chi connectivity index (χ4v) is 2.62. The van der Waals surface area contributed by atoms with Crippen molar-refractivity contribution in [2.45, 2.75) is 6.42 Å². The number of fused-ring (bicyclic) bond motifs is 1. The summed E-state index contributed by atoms with van der Waals surface area (Å²) >= 11 is 1.60. The van der Waals surface area contributed by atoms with Crippen LogP contribution < -0.4 is 5.32 Å². The predicted molar refractivity (Wildman–Crippen MR) is 61.2 cm³/mol. The number of thiophene rings is 1. The first-order chi connectivity index (χ1) is 7.33. The van der Waals surface area contributed by atoms with E-state index in [4.69, 9.17) is 0 Å². The lowest BCUT2D eigenvalue weighted by Gasteiger charge is -2.01. The van der Waals surface area contributed by atoms with E-state index < -0.39 is 6.80 Å². The van der Waals surface area contributed by atoms with Gasteiger partial charge in [0, 0.05) is 16.6 Å². The Morgan fingerprint density at radius 1 is 1.40 bits per heavy atom. The number of phenols is 1. The van der Waals surface area contributed by atoms with Crippen molar-refractivity contribution in [2.75, 3.05) is 13.3 Å². The van der Waals surface area contributed by atoms with Crippen LogP contribution in [0.25, 0.3) is 10.1 Å². The molecule has 4 heteroatoms. The zero-order valence-corrected chi connectivity index (χ0v) is 8.98. The van der Waals surface area contributed by atoms with E-state index in [-0.39, 0.29) is 0 Å². The number of phenolic OH excluding ortho intramolecular Hbond substituents is 1. The number of hydrogen-bond donors (Lipinski definition) is 2. The third kappa shape index (κ3) is 2.11. The van der Waals surface area contributed by atoms with Crippen LogP contribution in [-0.2, 0) is 6.42 Å². The van der Waals surface area contributed by atoms with Gasteiger partial charge in [0.15, 0.2) is 0 Å². The predicted octanol–water partition coefficient (Wildman–Crippen LogP) is 2.67. The molecule has 2 N–H and O–H groups in total. The Morgan fingerprint density at radius 3 is 3.07 bits per heavy atom. The maximum Gasteiger partial charge on any atom is 0.140 e. The third-order valence-electron chi connectivity index (χ3n) is 2.32. The van der Waals surface area contributed by atoms with E-state index in [9.17, 15) is 9.50 Å². The van der Waals surface area contributed by atoms with E-state index in [1.165, 1.54) is 0 Å². The summed E-state index contributed by atoms with van der Waals surface area (Å²) in [7, 11) is 0. The molecule has 0 unspecified atom stereocenters. The van der Waals surface area contributed by atoms with E-state index in [1.54, 1.807) is 17.4 Å². The Balaban J connectivity index is 2.27. The second-order valence-electron chi connectivity index (χ2n) is 3.29. The molecule has 0 radical (unpaired) electrons. The molecule has 80 valence electrons. The molecule has 1 aromatic heterocycles. The van der Waals surface area contributed by atoms with Crippen molar-refractivity contribution >= 4 is 21.4 Å². The average molecular weight is 225 g/mol. The molecule has 0 bridgehead atoms. The van der Waals surface area contributed by atoms with Crippen LogP contribution in [0.5, 0.6) is 5.75 Å². The summed E-state index contributed by atoms with van der Waals surface area (Å²) in [6, 6.07) is 5.49. The smallest absolute Gasteiger partial charge is 0.140 e. The summed E-state index contributed by atoms with van der Waals surface area (Å²) in [5.41, 5.74) is 1.08. The van der Waals surface area contributed by atoms with E-state index in [1.807, 2.05) is 17.5 Å².